The van der Waals surface area contributed by atoms with Crippen molar-refractivity contribution < 1.29 is 4.79 Å². The van der Waals surface area contributed by atoms with Crippen molar-refractivity contribution in [2.24, 2.45) is 5.73 Å². The number of hydrogen-bond acceptors (Lipinski definition) is 2. The van der Waals surface area contributed by atoms with Crippen molar-refractivity contribution in [2.75, 3.05) is 11.9 Å². The fourth-order valence-corrected chi connectivity index (χ4v) is 1.28. The monoisotopic (exact) mass is 192 g/mol. The molecule has 3 N–H and O–H groups in total. The van der Waals surface area contributed by atoms with Crippen LogP contribution in [0.25, 0.3) is 0 Å². The Balaban J connectivity index is 2.96. The van der Waals surface area contributed by atoms with E-state index in [1.165, 1.54) is 0 Å². The molecule has 0 fully saturated rings. The molecule has 0 unspecified atom stereocenters. The first-order valence-electron chi connectivity index (χ1n) is 4.79. The van der Waals surface area contributed by atoms with E-state index in [-0.39, 0.29) is 5.91 Å². The molecule has 14 heavy (non-hydrogen) atoms. The standard InChI is InChI=1S/C11H16N2O/c1-3-6-13-10-5-4-8(2)7-9(10)11(12)14/h4-5,7,13H,3,6H2,1-2H3,(H2,12,14). The summed E-state index contributed by atoms with van der Waals surface area (Å²) in [5.74, 6) is -0.382. The molecule has 76 valence electrons. The quantitative estimate of drug-likeness (QED) is 0.765. The maximum absolute atomic E-state index is 11.1. The number of primary amides is 1. The molecule has 0 aliphatic heterocycles. The first kappa shape index (κ1) is 10.6. The number of carbonyl (C=O) groups excluding carboxylic acids is 1. The molecule has 0 bridgehead atoms. The smallest absolute Gasteiger partial charge is 0.250 e. The molecule has 0 aliphatic carbocycles. The van der Waals surface area contributed by atoms with Crippen molar-refractivity contribution in [3.63, 3.8) is 0 Å². The zero-order valence-corrected chi connectivity index (χ0v) is 8.63. The van der Waals surface area contributed by atoms with E-state index in [1.807, 2.05) is 19.1 Å². The number of anilines is 1. The van der Waals surface area contributed by atoms with Crippen LogP contribution in [-0.4, -0.2) is 12.5 Å². The van der Waals surface area contributed by atoms with Gasteiger partial charge in [-0.25, -0.2) is 0 Å². The summed E-state index contributed by atoms with van der Waals surface area (Å²) in [7, 11) is 0. The predicted octanol–water partition coefficient (Wildman–Crippen LogP) is 1.92. The van der Waals surface area contributed by atoms with Gasteiger partial charge in [0.25, 0.3) is 5.91 Å². The molecule has 0 heterocycles. The number of nitrogens with two attached hydrogens (primary N) is 1. The lowest BCUT2D eigenvalue weighted by Crippen LogP contribution is -2.15. The molecular formula is C11H16N2O. The molecule has 1 aromatic carbocycles. The van der Waals surface area contributed by atoms with Crippen LogP contribution in [-0.2, 0) is 0 Å². The van der Waals surface area contributed by atoms with Crippen LogP contribution in [0.2, 0.25) is 0 Å². The predicted molar refractivity (Wildman–Crippen MR) is 58.5 cm³/mol. The van der Waals surface area contributed by atoms with Crippen molar-refractivity contribution in [3.8, 4) is 0 Å². The molecular weight excluding hydrogens is 176 g/mol. The Morgan fingerprint density at radius 3 is 2.79 bits per heavy atom. The van der Waals surface area contributed by atoms with Gasteiger partial charge in [-0.2, -0.15) is 0 Å². The van der Waals surface area contributed by atoms with Crippen LogP contribution in [0.5, 0.6) is 0 Å². The topological polar surface area (TPSA) is 55.1 Å². The molecule has 0 spiro atoms. The SMILES string of the molecule is CCCNc1ccc(C)cc1C(N)=O. The normalized spacial score (nSPS) is 9.86. The van der Waals surface area contributed by atoms with Gasteiger partial charge in [-0.05, 0) is 25.5 Å². The summed E-state index contributed by atoms with van der Waals surface area (Å²) in [6, 6.07) is 5.66. The summed E-state index contributed by atoms with van der Waals surface area (Å²) in [4.78, 5) is 11.1. The van der Waals surface area contributed by atoms with Crippen molar-refractivity contribution in [3.05, 3.63) is 29.3 Å². The van der Waals surface area contributed by atoms with Crippen molar-refractivity contribution >= 4 is 11.6 Å². The Morgan fingerprint density at radius 2 is 2.21 bits per heavy atom. The lowest BCUT2D eigenvalue weighted by atomic mass is 10.1. The number of hydrogen-bond donors (Lipinski definition) is 2. The average molecular weight is 192 g/mol. The first-order chi connectivity index (χ1) is 6.65. The van der Waals surface area contributed by atoms with E-state index in [1.54, 1.807) is 6.07 Å². The maximum Gasteiger partial charge on any atom is 0.250 e. The largest absolute Gasteiger partial charge is 0.384 e. The molecule has 0 aromatic heterocycles. The number of nitrogens with one attached hydrogen (secondary N) is 1. The van der Waals surface area contributed by atoms with Gasteiger partial charge in [-0.1, -0.05) is 18.6 Å². The van der Waals surface area contributed by atoms with Gasteiger partial charge in [-0.15, -0.1) is 0 Å². The molecule has 3 heteroatoms. The zero-order chi connectivity index (χ0) is 10.6. The van der Waals surface area contributed by atoms with Gasteiger partial charge in [0.2, 0.25) is 0 Å². The Hall–Kier alpha value is -1.51. The van der Waals surface area contributed by atoms with E-state index in [2.05, 4.69) is 12.2 Å². The van der Waals surface area contributed by atoms with E-state index in [4.69, 9.17) is 5.73 Å². The van der Waals surface area contributed by atoms with E-state index in [0.29, 0.717) is 5.56 Å². The zero-order valence-electron chi connectivity index (χ0n) is 8.63. The highest BCUT2D eigenvalue weighted by atomic mass is 16.1. The van der Waals surface area contributed by atoms with Gasteiger partial charge in [0.05, 0.1) is 5.56 Å². The van der Waals surface area contributed by atoms with Gasteiger partial charge in [-0.3, -0.25) is 4.79 Å². The molecule has 1 amide bonds. The van der Waals surface area contributed by atoms with E-state index in [0.717, 1.165) is 24.2 Å². The van der Waals surface area contributed by atoms with Crippen LogP contribution < -0.4 is 11.1 Å². The fraction of sp³-hybridized carbons (Fsp3) is 0.364. The van der Waals surface area contributed by atoms with E-state index in [9.17, 15) is 4.79 Å². The Labute approximate surface area is 84.3 Å². The van der Waals surface area contributed by atoms with Crippen molar-refractivity contribution in [2.45, 2.75) is 20.3 Å². The third-order valence-corrected chi connectivity index (χ3v) is 2.01. The van der Waals surface area contributed by atoms with E-state index < -0.39 is 0 Å². The van der Waals surface area contributed by atoms with Gasteiger partial charge in [0, 0.05) is 12.2 Å². The van der Waals surface area contributed by atoms with Crippen LogP contribution in [0.3, 0.4) is 0 Å². The highest BCUT2D eigenvalue weighted by molar-refractivity contribution is 5.98. The van der Waals surface area contributed by atoms with Crippen LogP contribution in [0.1, 0.15) is 29.3 Å². The summed E-state index contributed by atoms with van der Waals surface area (Å²) in [6.07, 6.45) is 1.02. The first-order valence-corrected chi connectivity index (χ1v) is 4.79. The lowest BCUT2D eigenvalue weighted by molar-refractivity contribution is 0.100. The van der Waals surface area contributed by atoms with Gasteiger partial charge >= 0.3 is 0 Å². The van der Waals surface area contributed by atoms with Crippen LogP contribution in [0.15, 0.2) is 18.2 Å². The van der Waals surface area contributed by atoms with Gasteiger partial charge < -0.3 is 11.1 Å². The number of amides is 1. The molecule has 1 rings (SSSR count). The Bertz CT molecular complexity index is 334. The second kappa shape index (κ2) is 4.65. The third-order valence-electron chi connectivity index (χ3n) is 2.01. The Morgan fingerprint density at radius 1 is 1.50 bits per heavy atom. The number of rotatable bonds is 4. The summed E-state index contributed by atoms with van der Waals surface area (Å²) in [5.41, 5.74) is 7.71. The van der Waals surface area contributed by atoms with Gasteiger partial charge in [0.1, 0.15) is 0 Å². The van der Waals surface area contributed by atoms with Gasteiger partial charge in [0.15, 0.2) is 0 Å². The number of aryl methyl sites for hydroxylation is 1. The maximum atomic E-state index is 11.1. The second-order valence-corrected chi connectivity index (χ2v) is 3.34. The molecule has 0 saturated heterocycles. The molecule has 0 radical (unpaired) electrons. The van der Waals surface area contributed by atoms with Crippen molar-refractivity contribution in [1.29, 1.82) is 0 Å². The van der Waals surface area contributed by atoms with Crippen LogP contribution in [0.4, 0.5) is 5.69 Å². The minimum absolute atomic E-state index is 0.382. The second-order valence-electron chi connectivity index (χ2n) is 3.34. The Kier molecular flexibility index (Phi) is 3.51. The summed E-state index contributed by atoms with van der Waals surface area (Å²) in [5, 5.41) is 3.17. The summed E-state index contributed by atoms with van der Waals surface area (Å²) in [6.45, 7) is 4.87. The average Bonchev–Trinajstić information content (AvgIpc) is 2.15. The highest BCUT2D eigenvalue weighted by Crippen LogP contribution is 2.16. The molecule has 0 saturated carbocycles. The minimum Gasteiger partial charge on any atom is -0.384 e. The lowest BCUT2D eigenvalue weighted by Gasteiger charge is -2.09. The number of benzene rings is 1. The molecule has 1 aromatic rings. The molecule has 0 aliphatic rings. The van der Waals surface area contributed by atoms with Crippen LogP contribution in [0, 0.1) is 6.92 Å². The minimum atomic E-state index is -0.382. The third kappa shape index (κ3) is 2.49. The van der Waals surface area contributed by atoms with Crippen molar-refractivity contribution in [1.82, 2.24) is 0 Å². The summed E-state index contributed by atoms with van der Waals surface area (Å²) >= 11 is 0. The fourth-order valence-electron chi connectivity index (χ4n) is 1.28. The summed E-state index contributed by atoms with van der Waals surface area (Å²) < 4.78 is 0. The van der Waals surface area contributed by atoms with Crippen LogP contribution >= 0.6 is 0 Å². The molecule has 0 atom stereocenters. The van der Waals surface area contributed by atoms with E-state index >= 15 is 0 Å². The number of carbonyl (C=O) groups is 1. The molecule has 3 nitrogen and oxygen atoms in total. The highest BCUT2D eigenvalue weighted by Gasteiger charge is 2.06.